The zero-order chi connectivity index (χ0) is 17.2. The second-order valence-electron chi connectivity index (χ2n) is 6.29. The zero-order valence-electron chi connectivity index (χ0n) is 13.7. The average Bonchev–Trinajstić information content (AvgIpc) is 3.39. The maximum absolute atomic E-state index is 13.3. The first-order valence-corrected chi connectivity index (χ1v) is 8.39. The van der Waals surface area contributed by atoms with Gasteiger partial charge in [0, 0.05) is 12.5 Å². The lowest BCUT2D eigenvalue weighted by Gasteiger charge is -2.08. The van der Waals surface area contributed by atoms with E-state index in [1.165, 1.54) is 12.1 Å². The van der Waals surface area contributed by atoms with Crippen LogP contribution in [0.2, 0.25) is 0 Å². The van der Waals surface area contributed by atoms with Crippen LogP contribution in [0.15, 0.2) is 60.7 Å². The molecule has 1 amide bonds. The van der Waals surface area contributed by atoms with Gasteiger partial charge < -0.3 is 5.32 Å². The van der Waals surface area contributed by atoms with Crippen molar-refractivity contribution in [2.45, 2.75) is 25.3 Å². The predicted octanol–water partition coefficient (Wildman–Crippen LogP) is 3.82. The monoisotopic (exact) mass is 335 g/mol. The van der Waals surface area contributed by atoms with Crippen LogP contribution in [0, 0.1) is 5.82 Å². The smallest absolute Gasteiger partial charge is 0.270 e. The quantitative estimate of drug-likeness (QED) is 0.770. The summed E-state index contributed by atoms with van der Waals surface area (Å²) in [7, 11) is 0. The number of hydrogen-bond acceptors (Lipinski definition) is 2. The summed E-state index contributed by atoms with van der Waals surface area (Å²) in [5, 5.41) is 7.49. The Balaban J connectivity index is 1.59. The Bertz CT molecular complexity index is 900. The molecule has 1 aromatic heterocycles. The van der Waals surface area contributed by atoms with Gasteiger partial charge in [-0.3, -0.25) is 4.79 Å². The molecule has 0 spiro atoms. The van der Waals surface area contributed by atoms with Crippen molar-refractivity contribution >= 4 is 5.91 Å². The maximum Gasteiger partial charge on any atom is 0.270 e. The molecule has 0 radical (unpaired) electrons. The summed E-state index contributed by atoms with van der Waals surface area (Å²) in [5.41, 5.74) is 3.04. The van der Waals surface area contributed by atoms with E-state index < -0.39 is 0 Å². The van der Waals surface area contributed by atoms with Gasteiger partial charge in [0.15, 0.2) is 0 Å². The number of nitrogens with zero attached hydrogens (tertiary/aromatic N) is 2. The Morgan fingerprint density at radius 2 is 1.92 bits per heavy atom. The highest BCUT2D eigenvalue weighted by Crippen LogP contribution is 2.39. The normalized spacial score (nSPS) is 13.6. The average molecular weight is 335 g/mol. The van der Waals surface area contributed by atoms with Gasteiger partial charge in [-0.15, -0.1) is 0 Å². The van der Waals surface area contributed by atoms with Crippen LogP contribution >= 0.6 is 0 Å². The molecule has 2 aromatic carbocycles. The Morgan fingerprint density at radius 1 is 1.12 bits per heavy atom. The van der Waals surface area contributed by atoms with Crippen molar-refractivity contribution in [2.24, 2.45) is 0 Å². The number of carbonyl (C=O) groups excluding carboxylic acids is 1. The molecule has 1 aliphatic carbocycles. The first-order chi connectivity index (χ1) is 12.2. The van der Waals surface area contributed by atoms with Gasteiger partial charge in [-0.1, -0.05) is 30.3 Å². The molecule has 3 aromatic rings. The number of carbonyl (C=O) groups is 1. The molecule has 5 heteroatoms. The van der Waals surface area contributed by atoms with Crippen molar-refractivity contribution in [3.8, 4) is 5.69 Å². The summed E-state index contributed by atoms with van der Waals surface area (Å²) in [6, 6.07) is 17.7. The number of nitrogens with one attached hydrogen (secondary N) is 1. The van der Waals surface area contributed by atoms with Crippen molar-refractivity contribution in [1.82, 2.24) is 15.1 Å². The van der Waals surface area contributed by atoms with E-state index >= 15 is 0 Å². The lowest BCUT2D eigenvalue weighted by molar-refractivity contribution is 0.0943. The third-order valence-electron chi connectivity index (χ3n) is 4.30. The minimum atomic E-state index is -0.308. The number of para-hydroxylation sites is 1. The van der Waals surface area contributed by atoms with Crippen LogP contribution < -0.4 is 5.32 Å². The number of amides is 1. The summed E-state index contributed by atoms with van der Waals surface area (Å²) in [5.74, 6) is -0.0654. The Kier molecular flexibility index (Phi) is 4.06. The molecule has 0 unspecified atom stereocenters. The number of rotatable bonds is 5. The molecule has 25 heavy (non-hydrogen) atoms. The Hall–Kier alpha value is -2.95. The summed E-state index contributed by atoms with van der Waals surface area (Å²) in [6.45, 7) is 0.273. The van der Waals surface area contributed by atoms with E-state index in [9.17, 15) is 9.18 Å². The summed E-state index contributed by atoms with van der Waals surface area (Å²) in [6.07, 6.45) is 2.24. The van der Waals surface area contributed by atoms with Gasteiger partial charge in [0.2, 0.25) is 0 Å². The van der Waals surface area contributed by atoms with Crippen LogP contribution in [0.3, 0.4) is 0 Å². The number of benzene rings is 2. The highest BCUT2D eigenvalue weighted by atomic mass is 19.1. The SMILES string of the molecule is O=C(NCc1cccc(F)c1)c1cc(C2CC2)nn1-c1ccccc1. The van der Waals surface area contributed by atoms with E-state index in [2.05, 4.69) is 10.4 Å². The fourth-order valence-electron chi connectivity index (χ4n) is 2.83. The van der Waals surface area contributed by atoms with E-state index in [-0.39, 0.29) is 18.3 Å². The molecule has 0 bridgehead atoms. The van der Waals surface area contributed by atoms with Crippen LogP contribution in [0.1, 0.15) is 40.5 Å². The molecule has 4 nitrogen and oxygen atoms in total. The van der Waals surface area contributed by atoms with E-state index in [4.69, 9.17) is 0 Å². The molecular weight excluding hydrogens is 317 g/mol. The van der Waals surface area contributed by atoms with Gasteiger partial charge in [-0.2, -0.15) is 5.10 Å². The Labute approximate surface area is 145 Å². The maximum atomic E-state index is 13.3. The van der Waals surface area contributed by atoms with Crippen LogP contribution in [-0.4, -0.2) is 15.7 Å². The molecule has 0 aliphatic heterocycles. The van der Waals surface area contributed by atoms with Crippen LogP contribution in [0.5, 0.6) is 0 Å². The summed E-state index contributed by atoms with van der Waals surface area (Å²) < 4.78 is 15.0. The van der Waals surface area contributed by atoms with Gasteiger partial charge in [-0.05, 0) is 48.7 Å². The number of halogens is 1. The fraction of sp³-hybridized carbons (Fsp3) is 0.200. The molecule has 126 valence electrons. The lowest BCUT2D eigenvalue weighted by atomic mass is 10.2. The predicted molar refractivity (Wildman–Crippen MR) is 93.1 cm³/mol. The minimum absolute atomic E-state index is 0.215. The summed E-state index contributed by atoms with van der Waals surface area (Å²) in [4.78, 5) is 12.7. The van der Waals surface area contributed by atoms with E-state index in [0.717, 1.165) is 29.8 Å². The van der Waals surface area contributed by atoms with Crippen molar-refractivity contribution in [3.63, 3.8) is 0 Å². The molecule has 1 heterocycles. The van der Waals surface area contributed by atoms with Crippen LogP contribution in [0.4, 0.5) is 4.39 Å². The molecular formula is C20H18FN3O. The van der Waals surface area contributed by atoms with Crippen molar-refractivity contribution < 1.29 is 9.18 Å². The largest absolute Gasteiger partial charge is 0.347 e. The van der Waals surface area contributed by atoms with Gasteiger partial charge >= 0.3 is 0 Å². The third kappa shape index (κ3) is 3.45. The van der Waals surface area contributed by atoms with Gasteiger partial charge in [0.05, 0.1) is 11.4 Å². The first-order valence-electron chi connectivity index (χ1n) is 8.39. The minimum Gasteiger partial charge on any atom is -0.347 e. The molecule has 1 aliphatic rings. The molecule has 1 fully saturated rings. The molecule has 1 saturated carbocycles. The number of hydrogen-bond donors (Lipinski definition) is 1. The van der Waals surface area contributed by atoms with Crippen LogP contribution in [-0.2, 0) is 6.54 Å². The highest BCUT2D eigenvalue weighted by molar-refractivity contribution is 5.93. The standard InChI is InChI=1S/C20H18FN3O/c21-16-6-4-5-14(11-16)13-22-20(25)19-12-18(15-9-10-15)23-24(19)17-7-2-1-3-8-17/h1-8,11-12,15H,9-10,13H2,(H,22,25). The van der Waals surface area contributed by atoms with E-state index in [1.54, 1.807) is 16.8 Å². The van der Waals surface area contributed by atoms with Crippen molar-refractivity contribution in [2.75, 3.05) is 0 Å². The van der Waals surface area contributed by atoms with Crippen molar-refractivity contribution in [3.05, 3.63) is 83.4 Å². The van der Waals surface area contributed by atoms with Crippen molar-refractivity contribution in [1.29, 1.82) is 0 Å². The zero-order valence-corrected chi connectivity index (χ0v) is 13.7. The second-order valence-corrected chi connectivity index (χ2v) is 6.29. The molecule has 0 saturated heterocycles. The topological polar surface area (TPSA) is 46.9 Å². The van der Waals surface area contributed by atoms with Gasteiger partial charge in [0.1, 0.15) is 11.5 Å². The lowest BCUT2D eigenvalue weighted by Crippen LogP contribution is -2.25. The first kappa shape index (κ1) is 15.6. The molecule has 4 rings (SSSR count). The summed E-state index contributed by atoms with van der Waals surface area (Å²) >= 11 is 0. The molecule has 1 N–H and O–H groups in total. The number of aromatic nitrogens is 2. The van der Waals surface area contributed by atoms with E-state index in [1.807, 2.05) is 36.4 Å². The fourth-order valence-corrected chi connectivity index (χ4v) is 2.83. The van der Waals surface area contributed by atoms with Gasteiger partial charge in [0.25, 0.3) is 5.91 Å². The third-order valence-corrected chi connectivity index (χ3v) is 4.30. The Morgan fingerprint density at radius 3 is 2.64 bits per heavy atom. The van der Waals surface area contributed by atoms with Crippen LogP contribution in [0.25, 0.3) is 5.69 Å². The molecule has 0 atom stereocenters. The van der Waals surface area contributed by atoms with Gasteiger partial charge in [-0.25, -0.2) is 9.07 Å². The second kappa shape index (κ2) is 6.51. The van der Waals surface area contributed by atoms with E-state index in [0.29, 0.717) is 11.6 Å². The highest BCUT2D eigenvalue weighted by Gasteiger charge is 2.29.